The molecule has 126 valence electrons. The standard InChI is InChI=1S/C18H17N5O2/c19-18(20)16-4-2-1-3-14(16)12-22-10-9-21-17(22)11-13-5-7-15(8-6-13)23(24)25/h1-10H,11-12H2,(H3,19,20). The number of nitrogens with two attached hydrogens (primary N) is 1. The quantitative estimate of drug-likeness (QED) is 0.312. The summed E-state index contributed by atoms with van der Waals surface area (Å²) in [5.41, 5.74) is 8.31. The van der Waals surface area contributed by atoms with Gasteiger partial charge in [0.1, 0.15) is 11.7 Å². The van der Waals surface area contributed by atoms with Crippen molar-refractivity contribution in [2.75, 3.05) is 0 Å². The van der Waals surface area contributed by atoms with Gasteiger partial charge < -0.3 is 10.3 Å². The Morgan fingerprint density at radius 3 is 2.60 bits per heavy atom. The molecule has 0 amide bonds. The van der Waals surface area contributed by atoms with Gasteiger partial charge in [-0.05, 0) is 11.1 Å². The number of hydrogen-bond donors (Lipinski definition) is 2. The lowest BCUT2D eigenvalue weighted by Gasteiger charge is -2.11. The molecule has 0 aliphatic carbocycles. The molecule has 3 rings (SSSR count). The Morgan fingerprint density at radius 2 is 1.92 bits per heavy atom. The molecule has 0 saturated heterocycles. The summed E-state index contributed by atoms with van der Waals surface area (Å²) in [6.07, 6.45) is 4.15. The SMILES string of the molecule is N=C(N)c1ccccc1Cn1ccnc1Cc1ccc([N+](=O)[O-])cc1. The highest BCUT2D eigenvalue weighted by Gasteiger charge is 2.10. The molecule has 0 spiro atoms. The lowest BCUT2D eigenvalue weighted by molar-refractivity contribution is -0.384. The first-order valence-corrected chi connectivity index (χ1v) is 7.70. The maximum absolute atomic E-state index is 10.7. The molecular formula is C18H17N5O2. The van der Waals surface area contributed by atoms with E-state index in [0.29, 0.717) is 18.5 Å². The van der Waals surface area contributed by atoms with E-state index in [4.69, 9.17) is 11.1 Å². The van der Waals surface area contributed by atoms with Crippen molar-refractivity contribution >= 4 is 11.5 Å². The van der Waals surface area contributed by atoms with E-state index >= 15 is 0 Å². The summed E-state index contributed by atoms with van der Waals surface area (Å²) in [5.74, 6) is 0.875. The van der Waals surface area contributed by atoms with Crippen molar-refractivity contribution in [3.63, 3.8) is 0 Å². The molecule has 0 radical (unpaired) electrons. The highest BCUT2D eigenvalue weighted by atomic mass is 16.6. The summed E-state index contributed by atoms with van der Waals surface area (Å²) in [6.45, 7) is 0.554. The third kappa shape index (κ3) is 3.72. The zero-order valence-electron chi connectivity index (χ0n) is 13.4. The van der Waals surface area contributed by atoms with Crippen molar-refractivity contribution in [2.45, 2.75) is 13.0 Å². The Morgan fingerprint density at radius 1 is 1.20 bits per heavy atom. The maximum atomic E-state index is 10.7. The Balaban J connectivity index is 1.81. The number of amidine groups is 1. The second-order valence-corrected chi connectivity index (χ2v) is 5.64. The predicted octanol–water partition coefficient (Wildman–Crippen LogP) is 2.71. The van der Waals surface area contributed by atoms with Crippen LogP contribution >= 0.6 is 0 Å². The van der Waals surface area contributed by atoms with Gasteiger partial charge in [0, 0.05) is 43.1 Å². The number of nitro groups is 1. The van der Waals surface area contributed by atoms with Crippen molar-refractivity contribution in [3.8, 4) is 0 Å². The van der Waals surface area contributed by atoms with Crippen LogP contribution in [0.2, 0.25) is 0 Å². The maximum Gasteiger partial charge on any atom is 0.269 e. The fourth-order valence-corrected chi connectivity index (χ4v) is 2.67. The lowest BCUT2D eigenvalue weighted by atomic mass is 10.1. The Labute approximate surface area is 144 Å². The van der Waals surface area contributed by atoms with Crippen molar-refractivity contribution in [3.05, 3.63) is 93.6 Å². The lowest BCUT2D eigenvalue weighted by Crippen LogP contribution is -2.15. The van der Waals surface area contributed by atoms with Crippen LogP contribution in [0.4, 0.5) is 5.69 Å². The van der Waals surface area contributed by atoms with Crippen LogP contribution in [0.1, 0.15) is 22.5 Å². The fourth-order valence-electron chi connectivity index (χ4n) is 2.67. The zero-order valence-corrected chi connectivity index (χ0v) is 13.4. The minimum atomic E-state index is -0.413. The fraction of sp³-hybridized carbons (Fsp3) is 0.111. The first-order valence-electron chi connectivity index (χ1n) is 7.70. The van der Waals surface area contributed by atoms with Gasteiger partial charge >= 0.3 is 0 Å². The molecule has 0 bridgehead atoms. The number of aromatic nitrogens is 2. The molecule has 7 heteroatoms. The highest BCUT2D eigenvalue weighted by molar-refractivity contribution is 5.96. The number of nitrogen functional groups attached to an aromatic ring is 1. The predicted molar refractivity (Wildman–Crippen MR) is 94.7 cm³/mol. The summed E-state index contributed by atoms with van der Waals surface area (Å²) in [7, 11) is 0. The van der Waals surface area contributed by atoms with Crippen LogP contribution in [0.15, 0.2) is 60.9 Å². The number of nitrogens with zero attached hydrogens (tertiary/aromatic N) is 3. The zero-order chi connectivity index (χ0) is 17.8. The summed E-state index contributed by atoms with van der Waals surface area (Å²) >= 11 is 0. The van der Waals surface area contributed by atoms with Gasteiger partial charge in [-0.3, -0.25) is 15.5 Å². The number of benzene rings is 2. The van der Waals surface area contributed by atoms with E-state index in [1.807, 2.05) is 35.0 Å². The highest BCUT2D eigenvalue weighted by Crippen LogP contribution is 2.16. The first kappa shape index (κ1) is 16.4. The molecule has 0 unspecified atom stereocenters. The largest absolute Gasteiger partial charge is 0.384 e. The van der Waals surface area contributed by atoms with Gasteiger partial charge in [-0.2, -0.15) is 0 Å². The molecule has 0 saturated carbocycles. The van der Waals surface area contributed by atoms with Crippen LogP contribution in [0.25, 0.3) is 0 Å². The minimum absolute atomic E-state index is 0.0348. The third-order valence-corrected chi connectivity index (χ3v) is 3.96. The van der Waals surface area contributed by atoms with Gasteiger partial charge in [-0.15, -0.1) is 0 Å². The van der Waals surface area contributed by atoms with Crippen molar-refractivity contribution < 1.29 is 4.92 Å². The van der Waals surface area contributed by atoms with Crippen LogP contribution in [0.5, 0.6) is 0 Å². The van der Waals surface area contributed by atoms with Crippen molar-refractivity contribution in [1.29, 1.82) is 5.41 Å². The van der Waals surface area contributed by atoms with Gasteiger partial charge in [0.25, 0.3) is 5.69 Å². The smallest absolute Gasteiger partial charge is 0.269 e. The first-order chi connectivity index (χ1) is 12.0. The summed E-state index contributed by atoms with van der Waals surface area (Å²) in [4.78, 5) is 14.7. The molecule has 7 nitrogen and oxygen atoms in total. The average Bonchev–Trinajstić information content (AvgIpc) is 3.02. The number of non-ortho nitro benzene ring substituents is 1. The number of hydrogen-bond acceptors (Lipinski definition) is 4. The van der Waals surface area contributed by atoms with Crippen molar-refractivity contribution in [2.24, 2.45) is 5.73 Å². The number of rotatable bonds is 6. The molecule has 1 heterocycles. The van der Waals surface area contributed by atoms with Crippen molar-refractivity contribution in [1.82, 2.24) is 9.55 Å². The summed E-state index contributed by atoms with van der Waals surface area (Å²) in [6, 6.07) is 14.0. The second-order valence-electron chi connectivity index (χ2n) is 5.64. The van der Waals surface area contributed by atoms with Gasteiger partial charge in [-0.1, -0.05) is 36.4 Å². The van der Waals surface area contributed by atoms with E-state index in [2.05, 4.69) is 4.98 Å². The Bertz CT molecular complexity index is 915. The Kier molecular flexibility index (Phi) is 4.56. The molecule has 2 aromatic carbocycles. The topological polar surface area (TPSA) is 111 Å². The van der Waals surface area contributed by atoms with Crippen LogP contribution in [0.3, 0.4) is 0 Å². The van der Waals surface area contributed by atoms with E-state index in [9.17, 15) is 10.1 Å². The monoisotopic (exact) mass is 335 g/mol. The Hall–Kier alpha value is -3.48. The molecule has 0 aliphatic heterocycles. The van der Waals surface area contributed by atoms with E-state index in [0.717, 1.165) is 17.0 Å². The molecule has 0 fully saturated rings. The van der Waals surface area contributed by atoms with Crippen LogP contribution < -0.4 is 5.73 Å². The molecule has 25 heavy (non-hydrogen) atoms. The van der Waals surface area contributed by atoms with Crippen LogP contribution in [0, 0.1) is 15.5 Å². The molecule has 3 aromatic rings. The normalized spacial score (nSPS) is 10.6. The molecule has 0 atom stereocenters. The number of imidazole rings is 1. The van der Waals surface area contributed by atoms with Gasteiger partial charge in [0.15, 0.2) is 0 Å². The van der Waals surface area contributed by atoms with Crippen LogP contribution in [-0.2, 0) is 13.0 Å². The number of nitrogens with one attached hydrogen (secondary N) is 1. The second kappa shape index (κ2) is 6.96. The van der Waals surface area contributed by atoms with E-state index in [-0.39, 0.29) is 11.5 Å². The minimum Gasteiger partial charge on any atom is -0.384 e. The third-order valence-electron chi connectivity index (χ3n) is 3.96. The van der Waals surface area contributed by atoms with Gasteiger partial charge in [-0.25, -0.2) is 4.98 Å². The molecule has 0 aliphatic rings. The molecule has 3 N–H and O–H groups in total. The van der Waals surface area contributed by atoms with E-state index < -0.39 is 4.92 Å². The molecular weight excluding hydrogens is 318 g/mol. The van der Waals surface area contributed by atoms with Gasteiger partial charge in [0.05, 0.1) is 4.92 Å². The molecule has 1 aromatic heterocycles. The van der Waals surface area contributed by atoms with E-state index in [1.165, 1.54) is 12.1 Å². The average molecular weight is 335 g/mol. The summed E-state index contributed by atoms with van der Waals surface area (Å²) in [5, 5.41) is 18.4. The van der Waals surface area contributed by atoms with E-state index in [1.54, 1.807) is 18.3 Å². The van der Waals surface area contributed by atoms with Crippen LogP contribution in [-0.4, -0.2) is 20.3 Å². The number of nitro benzene ring substituents is 1. The van der Waals surface area contributed by atoms with Gasteiger partial charge in [0.2, 0.25) is 0 Å². The summed E-state index contributed by atoms with van der Waals surface area (Å²) < 4.78 is 1.99.